The molecule has 0 atom stereocenters. The first-order chi connectivity index (χ1) is 13.5. The van der Waals surface area contributed by atoms with Crippen LogP contribution in [0.15, 0.2) is 24.3 Å². The highest BCUT2D eigenvalue weighted by Gasteiger charge is 2.18. The van der Waals surface area contributed by atoms with Crippen molar-refractivity contribution in [2.24, 2.45) is 11.8 Å². The van der Waals surface area contributed by atoms with Crippen molar-refractivity contribution in [1.29, 1.82) is 0 Å². The van der Waals surface area contributed by atoms with Crippen LogP contribution in [0, 0.1) is 11.8 Å². The van der Waals surface area contributed by atoms with Crippen LogP contribution in [0.3, 0.4) is 0 Å². The first-order valence-corrected chi connectivity index (χ1v) is 11.0. The lowest BCUT2D eigenvalue weighted by Crippen LogP contribution is -2.11. The van der Waals surface area contributed by atoms with Gasteiger partial charge in [-0.15, -0.1) is 0 Å². The molecule has 0 unspecified atom stereocenters. The molecule has 2 aromatic rings. The fourth-order valence-electron chi connectivity index (χ4n) is 2.79. The number of hydrogen-bond donors (Lipinski definition) is 0. The number of carbonyl (C=O) groups excluding carboxylic acids is 2. The molecule has 0 heterocycles. The second-order valence-corrected chi connectivity index (χ2v) is 9.31. The Bertz CT molecular complexity index is 857. The molecule has 156 valence electrons. The first-order valence-electron chi connectivity index (χ1n) is 9.49. The van der Waals surface area contributed by atoms with Gasteiger partial charge in [0.2, 0.25) is 0 Å². The molecule has 0 N–H and O–H groups in total. The Labute approximate surface area is 192 Å². The molecule has 6 heteroatoms. The number of carbonyl (C=O) groups is 2. The van der Waals surface area contributed by atoms with E-state index in [9.17, 15) is 9.59 Å². The number of Topliss-reactive ketones (excluding diaryl/α,β-unsaturated/α-hetero) is 2. The van der Waals surface area contributed by atoms with Gasteiger partial charge in [0, 0.05) is 31.1 Å². The lowest BCUT2D eigenvalue weighted by molar-refractivity contribution is -0.122. The van der Waals surface area contributed by atoms with Gasteiger partial charge in [0.1, 0.15) is 11.6 Å². The molecule has 0 aliphatic rings. The Hall–Kier alpha value is -1.06. The highest BCUT2D eigenvalue weighted by molar-refractivity contribution is 6.44. The third-order valence-electron chi connectivity index (χ3n) is 4.88. The number of rotatable bonds is 8. The van der Waals surface area contributed by atoms with Crippen molar-refractivity contribution >= 4 is 58.0 Å². The molecule has 0 saturated carbocycles. The van der Waals surface area contributed by atoms with E-state index >= 15 is 0 Å². The fraction of sp³-hybridized carbons (Fsp3) is 0.391. The summed E-state index contributed by atoms with van der Waals surface area (Å²) in [6.07, 6.45) is 0.942. The fourth-order valence-corrected chi connectivity index (χ4v) is 3.80. The molecule has 29 heavy (non-hydrogen) atoms. The second kappa shape index (κ2) is 10.3. The van der Waals surface area contributed by atoms with E-state index in [-0.39, 0.29) is 36.2 Å². The summed E-state index contributed by atoms with van der Waals surface area (Å²) in [4.78, 5) is 24.1. The monoisotopic (exact) mass is 472 g/mol. The standard InChI is InChI=1S/C23H24Cl4O2/c1-12(2)18(28)10-16-7-5-14(20(24)22(16)26)9-15-6-8-17(23(27)21(15)25)11-19(29)13(3)4/h5-8,12-13H,9-11H2,1-4H3. The second-order valence-electron chi connectivity index (χ2n) is 7.80. The van der Waals surface area contributed by atoms with Gasteiger partial charge in [-0.1, -0.05) is 98.4 Å². The van der Waals surface area contributed by atoms with Gasteiger partial charge in [-0.25, -0.2) is 0 Å². The van der Waals surface area contributed by atoms with Crippen LogP contribution in [-0.2, 0) is 28.9 Å². The predicted molar refractivity (Wildman–Crippen MR) is 123 cm³/mol. The van der Waals surface area contributed by atoms with E-state index in [4.69, 9.17) is 46.4 Å². The van der Waals surface area contributed by atoms with Crippen molar-refractivity contribution in [2.45, 2.75) is 47.0 Å². The van der Waals surface area contributed by atoms with E-state index in [1.54, 1.807) is 0 Å². The highest BCUT2D eigenvalue weighted by atomic mass is 35.5. The molecule has 2 nitrogen and oxygen atoms in total. The van der Waals surface area contributed by atoms with E-state index in [1.807, 2.05) is 52.0 Å². The van der Waals surface area contributed by atoms with Gasteiger partial charge in [0.05, 0.1) is 20.1 Å². The van der Waals surface area contributed by atoms with Gasteiger partial charge < -0.3 is 0 Å². The topological polar surface area (TPSA) is 34.1 Å². The van der Waals surface area contributed by atoms with Crippen LogP contribution in [-0.4, -0.2) is 11.6 Å². The van der Waals surface area contributed by atoms with Crippen LogP contribution in [0.5, 0.6) is 0 Å². The van der Waals surface area contributed by atoms with Gasteiger partial charge >= 0.3 is 0 Å². The lowest BCUT2D eigenvalue weighted by atomic mass is 9.96. The zero-order chi connectivity index (χ0) is 21.9. The Balaban J connectivity index is 2.28. The Morgan fingerprint density at radius 2 is 0.897 bits per heavy atom. The third kappa shape index (κ3) is 5.98. The molecule has 0 saturated heterocycles. The summed E-state index contributed by atoms with van der Waals surface area (Å²) in [5.41, 5.74) is 3.01. The minimum absolute atomic E-state index is 0.0634. The minimum Gasteiger partial charge on any atom is -0.299 e. The van der Waals surface area contributed by atoms with E-state index in [2.05, 4.69) is 0 Å². The zero-order valence-electron chi connectivity index (χ0n) is 16.9. The Morgan fingerprint density at radius 1 is 0.621 bits per heavy atom. The summed E-state index contributed by atoms with van der Waals surface area (Å²) in [6, 6.07) is 7.37. The van der Waals surface area contributed by atoms with Crippen LogP contribution in [0.25, 0.3) is 0 Å². The van der Waals surface area contributed by atoms with Crippen molar-refractivity contribution < 1.29 is 9.59 Å². The molecule has 0 aromatic heterocycles. The maximum absolute atomic E-state index is 12.0. The van der Waals surface area contributed by atoms with E-state index in [0.29, 0.717) is 37.6 Å². The summed E-state index contributed by atoms with van der Waals surface area (Å²) in [5.74, 6) is 0.0901. The maximum atomic E-state index is 12.0. The number of hydrogen-bond acceptors (Lipinski definition) is 2. The quantitative estimate of drug-likeness (QED) is 0.399. The van der Waals surface area contributed by atoms with Gasteiger partial charge in [0.25, 0.3) is 0 Å². The number of benzene rings is 2. The van der Waals surface area contributed by atoms with Gasteiger partial charge in [0.15, 0.2) is 0 Å². The normalized spacial score (nSPS) is 11.4. The average molecular weight is 474 g/mol. The van der Waals surface area contributed by atoms with E-state index in [0.717, 1.165) is 11.1 Å². The van der Waals surface area contributed by atoms with Crippen LogP contribution in [0.2, 0.25) is 20.1 Å². The predicted octanol–water partition coefficient (Wildman–Crippen LogP) is 7.43. The van der Waals surface area contributed by atoms with Crippen molar-refractivity contribution in [3.05, 3.63) is 66.6 Å². The summed E-state index contributed by atoms with van der Waals surface area (Å²) in [5, 5.41) is 1.60. The molecule has 0 fully saturated rings. The largest absolute Gasteiger partial charge is 0.299 e. The third-order valence-corrected chi connectivity index (χ3v) is 6.80. The summed E-state index contributed by atoms with van der Waals surface area (Å²) in [7, 11) is 0. The van der Waals surface area contributed by atoms with Gasteiger partial charge in [-0.2, -0.15) is 0 Å². The van der Waals surface area contributed by atoms with Gasteiger partial charge in [-0.05, 0) is 22.3 Å². The van der Waals surface area contributed by atoms with E-state index in [1.165, 1.54) is 0 Å². The number of halogens is 4. The van der Waals surface area contributed by atoms with Crippen LogP contribution in [0.4, 0.5) is 0 Å². The Kier molecular flexibility index (Phi) is 8.60. The minimum atomic E-state index is -0.0634. The SMILES string of the molecule is CC(C)C(=O)Cc1ccc(Cc2ccc(CC(=O)C(C)C)c(Cl)c2Cl)c(Cl)c1Cl. The van der Waals surface area contributed by atoms with E-state index < -0.39 is 0 Å². The van der Waals surface area contributed by atoms with Crippen molar-refractivity contribution in [3.8, 4) is 0 Å². The smallest absolute Gasteiger partial charge is 0.139 e. The van der Waals surface area contributed by atoms with Crippen LogP contribution in [0.1, 0.15) is 49.9 Å². The molecule has 2 aromatic carbocycles. The molecular weight excluding hydrogens is 450 g/mol. The number of ketones is 2. The van der Waals surface area contributed by atoms with Crippen molar-refractivity contribution in [2.75, 3.05) is 0 Å². The van der Waals surface area contributed by atoms with Crippen LogP contribution < -0.4 is 0 Å². The lowest BCUT2D eigenvalue weighted by Gasteiger charge is -2.14. The molecule has 2 rings (SSSR count). The Morgan fingerprint density at radius 3 is 1.21 bits per heavy atom. The summed E-state index contributed by atoms with van der Waals surface area (Å²) in [6.45, 7) is 7.43. The van der Waals surface area contributed by atoms with Crippen molar-refractivity contribution in [3.63, 3.8) is 0 Å². The molecule has 0 bridgehead atoms. The zero-order valence-corrected chi connectivity index (χ0v) is 19.9. The summed E-state index contributed by atoms with van der Waals surface area (Å²) < 4.78 is 0. The first kappa shape index (κ1) is 24.2. The molecule has 0 amide bonds. The summed E-state index contributed by atoms with van der Waals surface area (Å²) >= 11 is 25.8. The van der Waals surface area contributed by atoms with Crippen molar-refractivity contribution in [1.82, 2.24) is 0 Å². The average Bonchev–Trinajstić information content (AvgIpc) is 2.66. The highest BCUT2D eigenvalue weighted by Crippen LogP contribution is 2.35. The molecule has 0 aliphatic carbocycles. The van der Waals surface area contributed by atoms with Crippen LogP contribution >= 0.6 is 46.4 Å². The maximum Gasteiger partial charge on any atom is 0.139 e. The molecule has 0 aliphatic heterocycles. The molecule has 0 spiro atoms. The van der Waals surface area contributed by atoms with Gasteiger partial charge in [-0.3, -0.25) is 9.59 Å². The molecule has 0 radical (unpaired) electrons. The molecular formula is C23H24Cl4O2.